The highest BCUT2D eigenvalue weighted by atomic mass is 16.5. The van der Waals surface area contributed by atoms with E-state index in [1.165, 1.54) is 0 Å². The van der Waals surface area contributed by atoms with Crippen LogP contribution in [0.4, 0.5) is 0 Å². The first-order chi connectivity index (χ1) is 25.9. The smallest absolute Gasteiger partial charge is 0.135 e. The maximum Gasteiger partial charge on any atom is 0.135 e. The van der Waals surface area contributed by atoms with Gasteiger partial charge in [0.05, 0.1) is 25.0 Å². The monoisotopic (exact) mass is 724 g/mol. The molecule has 8 nitrogen and oxygen atoms in total. The van der Waals surface area contributed by atoms with Crippen LogP contribution in [-0.2, 0) is 12.8 Å². The summed E-state index contributed by atoms with van der Waals surface area (Å²) in [5.41, 5.74) is 8.68. The highest BCUT2D eigenvalue weighted by molar-refractivity contribution is 6.15. The van der Waals surface area contributed by atoms with Crippen molar-refractivity contribution in [2.45, 2.75) is 78.6 Å². The molecule has 0 amide bonds. The Balaban J connectivity index is 1.52. The van der Waals surface area contributed by atoms with Gasteiger partial charge in [0.1, 0.15) is 34.5 Å². The van der Waals surface area contributed by atoms with Crippen molar-refractivity contribution in [3.05, 3.63) is 94.0 Å². The Kier molecular flexibility index (Phi) is 8.66. The van der Waals surface area contributed by atoms with Gasteiger partial charge in [-0.2, -0.15) is 0 Å². The molecule has 0 saturated carbocycles. The van der Waals surface area contributed by atoms with Gasteiger partial charge in [0.2, 0.25) is 0 Å². The highest BCUT2D eigenvalue weighted by Crippen LogP contribution is 2.57. The first-order valence-electron chi connectivity index (χ1n) is 18.7. The third-order valence-corrected chi connectivity index (χ3v) is 11.9. The molecule has 6 N–H and O–H groups in total. The molecule has 4 atom stereocenters. The van der Waals surface area contributed by atoms with Crippen molar-refractivity contribution in [1.29, 1.82) is 0 Å². The number of hydrogen-bond donors (Lipinski definition) is 6. The zero-order valence-electron chi connectivity index (χ0n) is 32.1. The maximum atomic E-state index is 12.5. The number of ether oxygens (including phenoxy) is 2. The molecule has 278 valence electrons. The normalized spacial score (nSPS) is 19.5. The molecule has 0 radical (unpaired) electrons. The Morgan fingerprint density at radius 3 is 1.28 bits per heavy atom. The topological polar surface area (TPSA) is 123 Å². The van der Waals surface area contributed by atoms with Crippen LogP contribution in [0.15, 0.2) is 60.7 Å². The summed E-state index contributed by atoms with van der Waals surface area (Å²) >= 11 is 0. The third-order valence-electron chi connectivity index (χ3n) is 11.9. The molecule has 2 heterocycles. The number of benzene rings is 6. The van der Waals surface area contributed by atoms with Crippen LogP contribution in [-0.4, -0.2) is 46.7 Å². The van der Waals surface area contributed by atoms with Crippen molar-refractivity contribution < 1.29 is 29.9 Å². The van der Waals surface area contributed by atoms with E-state index in [4.69, 9.17) is 9.47 Å². The molecule has 8 heteroatoms. The van der Waals surface area contributed by atoms with E-state index in [1.807, 2.05) is 50.2 Å². The maximum absolute atomic E-state index is 12.5. The van der Waals surface area contributed by atoms with Crippen molar-refractivity contribution >= 4 is 21.5 Å². The highest BCUT2D eigenvalue weighted by Gasteiger charge is 2.33. The summed E-state index contributed by atoms with van der Waals surface area (Å²) in [6, 6.07) is 19.7. The van der Waals surface area contributed by atoms with Crippen LogP contribution < -0.4 is 20.1 Å². The third kappa shape index (κ3) is 5.18. The lowest BCUT2D eigenvalue weighted by Crippen LogP contribution is -2.36. The van der Waals surface area contributed by atoms with E-state index < -0.39 is 0 Å². The molecule has 2 aliphatic heterocycles. The molecule has 0 fully saturated rings. The van der Waals surface area contributed by atoms with Crippen LogP contribution in [0.25, 0.3) is 54.9 Å². The van der Waals surface area contributed by atoms with Gasteiger partial charge in [0.15, 0.2) is 0 Å². The SMILES string of the molecule is COc1cccc2c(-c3ccc4c(c3O)[C@@H](C)N[C@H](C)C4)c(C)c(-c3c(C)c(-c4ccc5c(c4O)[C@@H](C)N[C@H](C)C5)c4cccc(OC)c4c3O)c(O)c12. The molecule has 6 aromatic rings. The summed E-state index contributed by atoms with van der Waals surface area (Å²) in [4.78, 5) is 0. The van der Waals surface area contributed by atoms with Crippen molar-refractivity contribution in [2.24, 2.45) is 0 Å². The average molecular weight is 725 g/mol. The van der Waals surface area contributed by atoms with Gasteiger partial charge in [0.25, 0.3) is 0 Å². The van der Waals surface area contributed by atoms with Gasteiger partial charge in [0, 0.05) is 57.5 Å². The standard InChI is InChI=1S/C46H48N2O6/c1-21-19-27-15-17-31(43(49)39(27)25(5)47-21)35-23(3)37(45(51)41-29(35)11-9-13-33(41)53-7)38-24(4)36(30-12-10-14-34(54-8)42(30)46(38)52)32-18-16-28-20-22(2)48-26(6)40(28)44(32)50/h9-18,21-22,25-26,47-52H,19-20H2,1-8H3/t21-,22-,25-,26-/m1/s1. The number of hydrogen-bond acceptors (Lipinski definition) is 8. The van der Waals surface area contributed by atoms with E-state index in [0.717, 1.165) is 35.1 Å². The minimum Gasteiger partial charge on any atom is -0.507 e. The van der Waals surface area contributed by atoms with Gasteiger partial charge in [-0.3, -0.25) is 0 Å². The zero-order valence-corrected chi connectivity index (χ0v) is 32.1. The lowest BCUT2D eigenvalue weighted by atomic mass is 9.79. The summed E-state index contributed by atoms with van der Waals surface area (Å²) in [5.74, 6) is 1.14. The van der Waals surface area contributed by atoms with Gasteiger partial charge in [-0.05, 0) is 111 Å². The summed E-state index contributed by atoms with van der Waals surface area (Å²) in [7, 11) is 3.13. The fraction of sp³-hybridized carbons (Fsp3) is 0.304. The van der Waals surface area contributed by atoms with E-state index >= 15 is 0 Å². The van der Waals surface area contributed by atoms with Crippen molar-refractivity contribution in [3.8, 4) is 67.9 Å². The van der Waals surface area contributed by atoms with Crippen molar-refractivity contribution in [1.82, 2.24) is 10.6 Å². The molecule has 8 rings (SSSR count). The van der Waals surface area contributed by atoms with Crippen LogP contribution in [0.1, 0.15) is 73.2 Å². The first-order valence-corrected chi connectivity index (χ1v) is 18.7. The van der Waals surface area contributed by atoms with Crippen LogP contribution in [0.2, 0.25) is 0 Å². The van der Waals surface area contributed by atoms with Crippen LogP contribution in [0, 0.1) is 13.8 Å². The predicted octanol–water partition coefficient (Wildman–Crippen LogP) is 9.64. The molecular weight excluding hydrogens is 677 g/mol. The van der Waals surface area contributed by atoms with Gasteiger partial charge in [-0.1, -0.05) is 48.5 Å². The minimum absolute atomic E-state index is 0.0647. The van der Waals surface area contributed by atoms with E-state index in [-0.39, 0.29) is 47.2 Å². The zero-order chi connectivity index (χ0) is 38.3. The molecule has 6 aromatic carbocycles. The molecule has 2 aliphatic rings. The number of fused-ring (bicyclic) bond motifs is 4. The summed E-state index contributed by atoms with van der Waals surface area (Å²) in [6.45, 7) is 12.2. The molecular formula is C46H48N2O6. The Bertz CT molecular complexity index is 2350. The van der Waals surface area contributed by atoms with Gasteiger partial charge >= 0.3 is 0 Å². The second kappa shape index (κ2) is 13.1. The lowest BCUT2D eigenvalue weighted by molar-refractivity contribution is 0.410. The first kappa shape index (κ1) is 35.6. The Labute approximate surface area is 316 Å². The molecule has 0 spiro atoms. The van der Waals surface area contributed by atoms with Crippen LogP contribution in [0.3, 0.4) is 0 Å². The quantitative estimate of drug-likeness (QED) is 0.104. The molecule has 0 aromatic heterocycles. The van der Waals surface area contributed by atoms with Crippen molar-refractivity contribution in [2.75, 3.05) is 14.2 Å². The molecule has 0 aliphatic carbocycles. The Hall–Kier alpha value is -5.44. The van der Waals surface area contributed by atoms with E-state index in [1.54, 1.807) is 26.4 Å². The largest absolute Gasteiger partial charge is 0.507 e. The molecule has 0 saturated heterocycles. The number of methoxy groups -OCH3 is 2. The summed E-state index contributed by atoms with van der Waals surface area (Å²) in [5, 5.41) is 58.8. The van der Waals surface area contributed by atoms with E-state index in [0.29, 0.717) is 77.6 Å². The average Bonchev–Trinajstić information content (AvgIpc) is 3.13. The van der Waals surface area contributed by atoms with E-state index in [9.17, 15) is 20.4 Å². The lowest BCUT2D eigenvalue weighted by Gasteiger charge is -2.31. The van der Waals surface area contributed by atoms with Crippen LogP contribution >= 0.6 is 0 Å². The number of aromatic hydroxyl groups is 4. The summed E-state index contributed by atoms with van der Waals surface area (Å²) < 4.78 is 11.7. The fourth-order valence-electron chi connectivity index (χ4n) is 9.70. The Morgan fingerprint density at radius 1 is 0.519 bits per heavy atom. The molecule has 0 unspecified atom stereocenters. The Morgan fingerprint density at radius 2 is 0.907 bits per heavy atom. The number of phenols is 4. The predicted molar refractivity (Wildman–Crippen MR) is 216 cm³/mol. The van der Waals surface area contributed by atoms with Gasteiger partial charge in [-0.15, -0.1) is 0 Å². The second-order valence-corrected chi connectivity index (χ2v) is 15.3. The van der Waals surface area contributed by atoms with Gasteiger partial charge in [-0.25, -0.2) is 0 Å². The van der Waals surface area contributed by atoms with Crippen molar-refractivity contribution in [3.63, 3.8) is 0 Å². The second-order valence-electron chi connectivity index (χ2n) is 15.3. The molecule has 0 bridgehead atoms. The number of rotatable bonds is 5. The number of nitrogens with one attached hydrogen (secondary N) is 2. The van der Waals surface area contributed by atoms with Crippen LogP contribution in [0.5, 0.6) is 34.5 Å². The van der Waals surface area contributed by atoms with Gasteiger partial charge < -0.3 is 40.5 Å². The number of phenolic OH excluding ortho intramolecular Hbond substituents is 4. The fourth-order valence-corrected chi connectivity index (χ4v) is 9.70. The summed E-state index contributed by atoms with van der Waals surface area (Å²) in [6.07, 6.45) is 1.58. The molecule has 54 heavy (non-hydrogen) atoms. The van der Waals surface area contributed by atoms with E-state index in [2.05, 4.69) is 50.5 Å². The minimum atomic E-state index is -0.0754.